The van der Waals surface area contributed by atoms with Gasteiger partial charge in [0.05, 0.1) is 0 Å². The number of anilines is 4. The summed E-state index contributed by atoms with van der Waals surface area (Å²) in [4.78, 5) is 38.5. The molecule has 0 radical (unpaired) electrons. The van der Waals surface area contributed by atoms with Crippen LogP contribution in [0.4, 0.5) is 27.9 Å². The molecule has 0 bridgehead atoms. The van der Waals surface area contributed by atoms with E-state index in [0.717, 1.165) is 25.1 Å². The van der Waals surface area contributed by atoms with Crippen molar-refractivity contribution in [2.45, 2.75) is 18.9 Å². The van der Waals surface area contributed by atoms with E-state index in [0.29, 0.717) is 37.1 Å². The smallest absolute Gasteiger partial charge is 0.324 e. The predicted molar refractivity (Wildman–Crippen MR) is 115 cm³/mol. The van der Waals surface area contributed by atoms with Crippen LogP contribution in [0.5, 0.6) is 0 Å². The number of carbonyl (C=O) groups excluding carboxylic acids is 2. The fourth-order valence-electron chi connectivity index (χ4n) is 3.77. The summed E-state index contributed by atoms with van der Waals surface area (Å²) in [5.74, 6) is 0.214. The van der Waals surface area contributed by atoms with Crippen molar-refractivity contribution in [1.82, 2.24) is 14.9 Å². The third-order valence-electron chi connectivity index (χ3n) is 5.42. The van der Waals surface area contributed by atoms with Gasteiger partial charge in [-0.2, -0.15) is 4.98 Å². The Morgan fingerprint density at radius 1 is 1.27 bits per heavy atom. The number of hydrogen-bond donors (Lipinski definition) is 3. The number of primary amides is 1. The summed E-state index contributed by atoms with van der Waals surface area (Å²) in [5, 5.41) is 3.17. The summed E-state index contributed by atoms with van der Waals surface area (Å²) >= 11 is 0. The van der Waals surface area contributed by atoms with Gasteiger partial charge in [0.15, 0.2) is 0 Å². The van der Waals surface area contributed by atoms with Gasteiger partial charge in [0.2, 0.25) is 5.95 Å². The molecule has 1 atom stereocenters. The maximum atomic E-state index is 12.3. The molecule has 1 unspecified atom stereocenters. The molecule has 2 saturated heterocycles. The molecular formula is C20H26N8O2. The summed E-state index contributed by atoms with van der Waals surface area (Å²) in [6, 6.07) is 7.44. The number of likely N-dealkylation sites (N-methyl/N-ethyl adjacent to an activating group) is 1. The predicted octanol–water partition coefficient (Wildman–Crippen LogP) is 1.12. The van der Waals surface area contributed by atoms with Crippen molar-refractivity contribution < 1.29 is 9.59 Å². The Morgan fingerprint density at radius 2 is 2.10 bits per heavy atom. The number of piperidine rings is 1. The van der Waals surface area contributed by atoms with Crippen LogP contribution >= 0.6 is 0 Å². The molecule has 10 heteroatoms. The molecular weight excluding hydrogens is 384 g/mol. The molecule has 1 aromatic heterocycles. The fraction of sp³-hybridized carbons (Fsp3) is 0.400. The monoisotopic (exact) mass is 410 g/mol. The van der Waals surface area contributed by atoms with Gasteiger partial charge in [-0.3, -0.25) is 9.69 Å². The lowest BCUT2D eigenvalue weighted by Crippen LogP contribution is -2.43. The summed E-state index contributed by atoms with van der Waals surface area (Å²) < 4.78 is 0. The van der Waals surface area contributed by atoms with Crippen molar-refractivity contribution in [3.05, 3.63) is 36.0 Å². The van der Waals surface area contributed by atoms with E-state index in [2.05, 4.69) is 15.3 Å². The van der Waals surface area contributed by atoms with Crippen LogP contribution in [0.25, 0.3) is 0 Å². The molecule has 3 amide bonds. The standard InChI is InChI=1S/C20H26N8O2/c1-26-8-9-28(20(26)30)15-6-2-5-14(10-15)24-18-16(17(22)29)11-23-19(25-18)27-7-3-4-13(21)12-27/h2,5-6,10-11,13H,3-4,7-9,12,21H2,1H3,(H2,22,29)(H,23,24,25). The zero-order valence-corrected chi connectivity index (χ0v) is 16.9. The molecule has 158 valence electrons. The van der Waals surface area contributed by atoms with Gasteiger partial charge in [-0.15, -0.1) is 0 Å². The summed E-state index contributed by atoms with van der Waals surface area (Å²) in [6.45, 7) is 2.77. The minimum Gasteiger partial charge on any atom is -0.365 e. The first kappa shape index (κ1) is 19.9. The maximum Gasteiger partial charge on any atom is 0.324 e. The summed E-state index contributed by atoms with van der Waals surface area (Å²) in [5.41, 5.74) is 13.3. The molecule has 2 fully saturated rings. The number of benzene rings is 1. The van der Waals surface area contributed by atoms with E-state index in [4.69, 9.17) is 11.5 Å². The summed E-state index contributed by atoms with van der Waals surface area (Å²) in [6.07, 6.45) is 3.37. The first-order valence-corrected chi connectivity index (χ1v) is 9.99. The molecule has 4 rings (SSSR count). The van der Waals surface area contributed by atoms with E-state index in [1.807, 2.05) is 29.2 Å². The number of carbonyl (C=O) groups is 2. The van der Waals surface area contributed by atoms with Crippen LogP contribution in [-0.2, 0) is 0 Å². The molecule has 30 heavy (non-hydrogen) atoms. The number of nitrogens with zero attached hydrogens (tertiary/aromatic N) is 5. The van der Waals surface area contributed by atoms with Gasteiger partial charge < -0.3 is 26.6 Å². The lowest BCUT2D eigenvalue weighted by atomic mass is 10.1. The van der Waals surface area contributed by atoms with E-state index in [9.17, 15) is 9.59 Å². The molecule has 0 saturated carbocycles. The summed E-state index contributed by atoms with van der Waals surface area (Å²) in [7, 11) is 1.78. The van der Waals surface area contributed by atoms with Crippen LogP contribution in [0.3, 0.4) is 0 Å². The Morgan fingerprint density at radius 3 is 2.80 bits per heavy atom. The van der Waals surface area contributed by atoms with Crippen LogP contribution < -0.4 is 26.6 Å². The van der Waals surface area contributed by atoms with E-state index < -0.39 is 5.91 Å². The van der Waals surface area contributed by atoms with E-state index in [1.165, 1.54) is 6.20 Å². The lowest BCUT2D eigenvalue weighted by Gasteiger charge is -2.31. The van der Waals surface area contributed by atoms with Gasteiger partial charge in [-0.25, -0.2) is 9.78 Å². The van der Waals surface area contributed by atoms with Gasteiger partial charge in [-0.1, -0.05) is 6.07 Å². The molecule has 2 aliphatic heterocycles. The average Bonchev–Trinajstić information content (AvgIpc) is 3.06. The zero-order valence-electron chi connectivity index (χ0n) is 16.9. The van der Waals surface area contributed by atoms with Crippen LogP contribution in [0, 0.1) is 0 Å². The average molecular weight is 410 g/mol. The number of aromatic nitrogens is 2. The van der Waals surface area contributed by atoms with Crippen LogP contribution in [0.2, 0.25) is 0 Å². The minimum atomic E-state index is -0.619. The molecule has 5 N–H and O–H groups in total. The van der Waals surface area contributed by atoms with Crippen LogP contribution in [-0.4, -0.2) is 66.1 Å². The van der Waals surface area contributed by atoms with Crippen molar-refractivity contribution in [2.24, 2.45) is 11.5 Å². The molecule has 2 aliphatic rings. The molecule has 0 spiro atoms. The van der Waals surface area contributed by atoms with Crippen molar-refractivity contribution in [3.8, 4) is 0 Å². The minimum absolute atomic E-state index is 0.0456. The van der Waals surface area contributed by atoms with Crippen molar-refractivity contribution in [1.29, 1.82) is 0 Å². The number of amides is 3. The number of urea groups is 1. The number of nitrogens with one attached hydrogen (secondary N) is 1. The van der Waals surface area contributed by atoms with Crippen LogP contribution in [0.15, 0.2) is 30.5 Å². The Bertz CT molecular complexity index is 966. The second kappa shape index (κ2) is 8.15. The number of rotatable bonds is 5. The van der Waals surface area contributed by atoms with E-state index >= 15 is 0 Å². The third kappa shape index (κ3) is 3.99. The highest BCUT2D eigenvalue weighted by Gasteiger charge is 2.27. The van der Waals surface area contributed by atoms with E-state index in [1.54, 1.807) is 16.8 Å². The van der Waals surface area contributed by atoms with Gasteiger partial charge in [0.1, 0.15) is 11.4 Å². The van der Waals surface area contributed by atoms with Gasteiger partial charge in [-0.05, 0) is 31.0 Å². The van der Waals surface area contributed by atoms with Crippen molar-refractivity contribution in [3.63, 3.8) is 0 Å². The zero-order chi connectivity index (χ0) is 21.3. The highest BCUT2D eigenvalue weighted by atomic mass is 16.2. The second-order valence-corrected chi connectivity index (χ2v) is 7.68. The largest absolute Gasteiger partial charge is 0.365 e. The quantitative estimate of drug-likeness (QED) is 0.672. The first-order valence-electron chi connectivity index (χ1n) is 9.99. The van der Waals surface area contributed by atoms with E-state index in [-0.39, 0.29) is 17.6 Å². The Kier molecular flexibility index (Phi) is 5.40. The number of nitrogens with two attached hydrogens (primary N) is 2. The second-order valence-electron chi connectivity index (χ2n) is 7.68. The first-order chi connectivity index (χ1) is 14.4. The lowest BCUT2D eigenvalue weighted by molar-refractivity contribution is 0.100. The Hall–Kier alpha value is -3.40. The van der Waals surface area contributed by atoms with Gasteiger partial charge in [0.25, 0.3) is 5.91 Å². The topological polar surface area (TPSA) is 134 Å². The molecule has 10 nitrogen and oxygen atoms in total. The Balaban J connectivity index is 1.62. The normalized spacial score (nSPS) is 19.3. The van der Waals surface area contributed by atoms with Crippen molar-refractivity contribution in [2.75, 3.05) is 48.3 Å². The molecule has 2 aromatic rings. The van der Waals surface area contributed by atoms with Crippen molar-refractivity contribution >= 4 is 35.1 Å². The fourth-order valence-corrected chi connectivity index (χ4v) is 3.77. The SMILES string of the molecule is CN1CCN(c2cccc(Nc3nc(N4CCCC(N)C4)ncc3C(N)=O)c2)C1=O. The van der Waals surface area contributed by atoms with Gasteiger partial charge >= 0.3 is 6.03 Å². The Labute approximate surface area is 174 Å². The maximum absolute atomic E-state index is 12.3. The third-order valence-corrected chi connectivity index (χ3v) is 5.42. The molecule has 0 aliphatic carbocycles. The van der Waals surface area contributed by atoms with Gasteiger partial charge in [0, 0.05) is 56.8 Å². The molecule has 1 aromatic carbocycles. The number of hydrogen-bond acceptors (Lipinski definition) is 7. The highest BCUT2D eigenvalue weighted by Crippen LogP contribution is 2.27. The highest BCUT2D eigenvalue weighted by molar-refractivity contribution is 5.98. The molecule has 3 heterocycles. The van der Waals surface area contributed by atoms with Crippen LogP contribution in [0.1, 0.15) is 23.2 Å².